The third kappa shape index (κ3) is 3.75. The van der Waals surface area contributed by atoms with Crippen LogP contribution in [0.25, 0.3) is 10.2 Å². The maximum atomic E-state index is 12.5. The first-order valence-corrected chi connectivity index (χ1v) is 10.3. The maximum absolute atomic E-state index is 12.5. The number of aromatic nitrogens is 2. The van der Waals surface area contributed by atoms with Gasteiger partial charge in [0.25, 0.3) is 0 Å². The predicted octanol–water partition coefficient (Wildman–Crippen LogP) is 4.18. The fourth-order valence-electron chi connectivity index (χ4n) is 3.42. The van der Waals surface area contributed by atoms with Crippen LogP contribution in [0.5, 0.6) is 5.88 Å². The third-order valence-electron chi connectivity index (χ3n) is 4.77. The number of hydrogen-bond acceptors (Lipinski definition) is 6. The van der Waals surface area contributed by atoms with Gasteiger partial charge >= 0.3 is 0 Å². The summed E-state index contributed by atoms with van der Waals surface area (Å²) in [6, 6.07) is 6.86. The van der Waals surface area contributed by atoms with Gasteiger partial charge < -0.3 is 10.1 Å². The summed E-state index contributed by atoms with van der Waals surface area (Å²) in [6.07, 6.45) is 6.00. The van der Waals surface area contributed by atoms with Gasteiger partial charge in [-0.3, -0.25) is 9.59 Å². The zero-order valence-corrected chi connectivity index (χ0v) is 16.5. The van der Waals surface area contributed by atoms with Crippen molar-refractivity contribution in [2.45, 2.75) is 39.0 Å². The van der Waals surface area contributed by atoms with Crippen LogP contribution in [-0.2, 0) is 17.6 Å². The van der Waals surface area contributed by atoms with Crippen molar-refractivity contribution in [3.05, 3.63) is 46.6 Å². The van der Waals surface area contributed by atoms with E-state index < -0.39 is 0 Å². The van der Waals surface area contributed by atoms with Crippen molar-refractivity contribution in [3.8, 4) is 5.88 Å². The van der Waals surface area contributed by atoms with E-state index in [1.807, 2.05) is 6.92 Å². The SMILES string of the molecule is CCCC(=O)Nc1ccc(C(=O)COc2ncnc3sc4c(c23)CCC4)cc1. The van der Waals surface area contributed by atoms with E-state index in [1.54, 1.807) is 35.6 Å². The number of ether oxygens (including phenoxy) is 1. The zero-order valence-electron chi connectivity index (χ0n) is 15.7. The molecule has 1 aliphatic rings. The summed E-state index contributed by atoms with van der Waals surface area (Å²) >= 11 is 1.69. The molecule has 1 aromatic carbocycles. The number of anilines is 1. The topological polar surface area (TPSA) is 81.2 Å². The van der Waals surface area contributed by atoms with Crippen LogP contribution >= 0.6 is 11.3 Å². The Bertz CT molecular complexity index is 1030. The summed E-state index contributed by atoms with van der Waals surface area (Å²) in [6.45, 7) is 1.87. The van der Waals surface area contributed by atoms with Gasteiger partial charge in [0.1, 0.15) is 11.2 Å². The molecule has 6 nitrogen and oxygen atoms in total. The van der Waals surface area contributed by atoms with Crippen LogP contribution in [0.3, 0.4) is 0 Å². The summed E-state index contributed by atoms with van der Waals surface area (Å²) in [5.41, 5.74) is 2.49. The first-order valence-electron chi connectivity index (χ1n) is 9.47. The van der Waals surface area contributed by atoms with Gasteiger partial charge in [-0.1, -0.05) is 6.92 Å². The van der Waals surface area contributed by atoms with Crippen LogP contribution in [0.1, 0.15) is 47.0 Å². The molecule has 144 valence electrons. The molecule has 1 N–H and O–H groups in total. The molecule has 4 rings (SSSR count). The average Bonchev–Trinajstić information content (AvgIpc) is 3.28. The number of amides is 1. The Kier molecular flexibility index (Phi) is 5.34. The normalized spacial score (nSPS) is 12.8. The molecule has 0 bridgehead atoms. The highest BCUT2D eigenvalue weighted by atomic mass is 32.1. The lowest BCUT2D eigenvalue weighted by atomic mass is 10.1. The second kappa shape index (κ2) is 8.06. The van der Waals surface area contributed by atoms with Gasteiger partial charge in [-0.15, -0.1) is 11.3 Å². The minimum absolute atomic E-state index is 0.0269. The number of carbonyl (C=O) groups excluding carboxylic acids is 2. The molecule has 0 atom stereocenters. The summed E-state index contributed by atoms with van der Waals surface area (Å²) in [5, 5.41) is 3.77. The van der Waals surface area contributed by atoms with Crippen LogP contribution in [0.2, 0.25) is 0 Å². The van der Waals surface area contributed by atoms with Gasteiger partial charge in [0, 0.05) is 22.5 Å². The summed E-state index contributed by atoms with van der Waals surface area (Å²) in [7, 11) is 0. The summed E-state index contributed by atoms with van der Waals surface area (Å²) < 4.78 is 5.78. The molecule has 0 saturated heterocycles. The number of hydrogen-bond donors (Lipinski definition) is 1. The zero-order chi connectivity index (χ0) is 19.5. The highest BCUT2D eigenvalue weighted by molar-refractivity contribution is 7.18. The average molecular weight is 395 g/mol. The second-order valence-electron chi connectivity index (χ2n) is 6.80. The van der Waals surface area contributed by atoms with Gasteiger partial charge in [-0.2, -0.15) is 0 Å². The summed E-state index contributed by atoms with van der Waals surface area (Å²) in [4.78, 5) is 35.0. The standard InChI is InChI=1S/C21H21N3O3S/c1-2-4-18(26)24-14-9-7-13(8-10-14)16(25)11-27-20-19-15-5-3-6-17(15)28-21(19)23-12-22-20/h7-10,12H,2-6,11H2,1H3,(H,24,26). The van der Waals surface area contributed by atoms with Gasteiger partial charge in [-0.05, 0) is 55.5 Å². The molecule has 0 radical (unpaired) electrons. The second-order valence-corrected chi connectivity index (χ2v) is 7.89. The van der Waals surface area contributed by atoms with Crippen molar-refractivity contribution in [1.29, 1.82) is 0 Å². The number of Topliss-reactive ketones (excluding diaryl/α,β-unsaturated/α-hetero) is 1. The molecule has 0 spiro atoms. The van der Waals surface area contributed by atoms with E-state index in [1.165, 1.54) is 16.8 Å². The minimum atomic E-state index is -0.134. The number of benzene rings is 1. The number of fused-ring (bicyclic) bond motifs is 3. The number of rotatable bonds is 7. The molecule has 0 fully saturated rings. The van der Waals surface area contributed by atoms with E-state index in [0.29, 0.717) is 23.6 Å². The van der Waals surface area contributed by atoms with Crippen molar-refractivity contribution in [1.82, 2.24) is 9.97 Å². The largest absolute Gasteiger partial charge is 0.469 e. The van der Waals surface area contributed by atoms with Crippen LogP contribution in [0.4, 0.5) is 5.69 Å². The maximum Gasteiger partial charge on any atom is 0.226 e. The van der Waals surface area contributed by atoms with Crippen LogP contribution < -0.4 is 10.1 Å². The Morgan fingerprint density at radius 1 is 1.18 bits per heavy atom. The fraction of sp³-hybridized carbons (Fsp3) is 0.333. The van der Waals surface area contributed by atoms with E-state index in [2.05, 4.69) is 15.3 Å². The van der Waals surface area contributed by atoms with Crippen molar-refractivity contribution in [2.75, 3.05) is 11.9 Å². The molecule has 3 aromatic rings. The number of carbonyl (C=O) groups is 2. The number of nitrogens with one attached hydrogen (secondary N) is 1. The van der Waals surface area contributed by atoms with E-state index in [4.69, 9.17) is 4.74 Å². The smallest absolute Gasteiger partial charge is 0.226 e. The lowest BCUT2D eigenvalue weighted by Gasteiger charge is -2.08. The quantitative estimate of drug-likeness (QED) is 0.607. The molecule has 0 unspecified atom stereocenters. The molecule has 2 heterocycles. The molecule has 1 aliphatic carbocycles. The Hall–Kier alpha value is -2.80. The molecule has 2 aromatic heterocycles. The Labute approximate surface area is 167 Å². The van der Waals surface area contributed by atoms with Gasteiger partial charge in [0.05, 0.1) is 5.39 Å². The lowest BCUT2D eigenvalue weighted by Crippen LogP contribution is -2.13. The Morgan fingerprint density at radius 2 is 2.00 bits per heavy atom. The monoisotopic (exact) mass is 395 g/mol. The molecular formula is C21H21N3O3S. The Morgan fingerprint density at radius 3 is 2.79 bits per heavy atom. The van der Waals surface area contributed by atoms with Gasteiger partial charge in [0.2, 0.25) is 11.8 Å². The predicted molar refractivity (Wildman–Crippen MR) is 109 cm³/mol. The number of nitrogens with zero attached hydrogens (tertiary/aromatic N) is 2. The number of ketones is 1. The van der Waals surface area contributed by atoms with E-state index in [9.17, 15) is 9.59 Å². The van der Waals surface area contributed by atoms with E-state index >= 15 is 0 Å². The first kappa shape index (κ1) is 18.6. The van der Waals surface area contributed by atoms with Crippen LogP contribution in [0, 0.1) is 0 Å². The van der Waals surface area contributed by atoms with Crippen molar-refractivity contribution >= 4 is 38.9 Å². The first-order chi connectivity index (χ1) is 13.7. The van der Waals surface area contributed by atoms with Crippen LogP contribution in [0.15, 0.2) is 30.6 Å². The fourth-order valence-corrected chi connectivity index (χ4v) is 4.64. The molecule has 7 heteroatoms. The molecular weight excluding hydrogens is 374 g/mol. The van der Waals surface area contributed by atoms with Gasteiger partial charge in [-0.25, -0.2) is 9.97 Å². The molecule has 1 amide bonds. The minimum Gasteiger partial charge on any atom is -0.469 e. The highest BCUT2D eigenvalue weighted by Gasteiger charge is 2.22. The molecule has 0 saturated carbocycles. The van der Waals surface area contributed by atoms with Crippen molar-refractivity contribution in [2.24, 2.45) is 0 Å². The lowest BCUT2D eigenvalue weighted by molar-refractivity contribution is -0.116. The third-order valence-corrected chi connectivity index (χ3v) is 5.97. The van der Waals surface area contributed by atoms with E-state index in [0.717, 1.165) is 35.9 Å². The number of thiophene rings is 1. The van der Waals surface area contributed by atoms with E-state index in [-0.39, 0.29) is 18.3 Å². The number of aryl methyl sites for hydroxylation is 2. The van der Waals surface area contributed by atoms with Crippen molar-refractivity contribution in [3.63, 3.8) is 0 Å². The molecule has 28 heavy (non-hydrogen) atoms. The Balaban J connectivity index is 1.44. The van der Waals surface area contributed by atoms with Crippen molar-refractivity contribution < 1.29 is 14.3 Å². The molecule has 0 aliphatic heterocycles. The highest BCUT2D eigenvalue weighted by Crippen LogP contribution is 2.39. The van der Waals surface area contributed by atoms with Gasteiger partial charge in [0.15, 0.2) is 12.4 Å². The summed E-state index contributed by atoms with van der Waals surface area (Å²) in [5.74, 6) is 0.326. The van der Waals surface area contributed by atoms with Crippen LogP contribution in [-0.4, -0.2) is 28.3 Å².